The SMILES string of the molecule is COc1ccc(C(=O)C(C)NCCN(C)C)cc1. The molecule has 4 heteroatoms. The van der Waals surface area contributed by atoms with Crippen molar-refractivity contribution < 1.29 is 9.53 Å². The maximum atomic E-state index is 12.1. The van der Waals surface area contributed by atoms with Gasteiger partial charge >= 0.3 is 0 Å². The quantitative estimate of drug-likeness (QED) is 0.743. The summed E-state index contributed by atoms with van der Waals surface area (Å²) in [5.41, 5.74) is 0.709. The second-order valence-corrected chi connectivity index (χ2v) is 4.57. The van der Waals surface area contributed by atoms with E-state index in [4.69, 9.17) is 4.74 Å². The van der Waals surface area contributed by atoms with Gasteiger partial charge in [0.05, 0.1) is 13.2 Å². The third-order valence-electron chi connectivity index (χ3n) is 2.78. The molecule has 0 aliphatic carbocycles. The number of hydrogen-bond acceptors (Lipinski definition) is 4. The van der Waals surface area contributed by atoms with Crippen LogP contribution in [0.5, 0.6) is 5.75 Å². The van der Waals surface area contributed by atoms with E-state index >= 15 is 0 Å². The Labute approximate surface area is 109 Å². The fourth-order valence-electron chi connectivity index (χ4n) is 1.60. The minimum Gasteiger partial charge on any atom is -0.497 e. The van der Waals surface area contributed by atoms with Crippen LogP contribution in [0.25, 0.3) is 0 Å². The van der Waals surface area contributed by atoms with Crippen LogP contribution in [0.4, 0.5) is 0 Å². The molecule has 18 heavy (non-hydrogen) atoms. The van der Waals surface area contributed by atoms with Gasteiger partial charge in [0.2, 0.25) is 0 Å². The lowest BCUT2D eigenvalue weighted by Gasteiger charge is -2.15. The highest BCUT2D eigenvalue weighted by atomic mass is 16.5. The van der Waals surface area contributed by atoms with Crippen LogP contribution in [0.1, 0.15) is 17.3 Å². The first-order chi connectivity index (χ1) is 8.54. The normalized spacial score (nSPS) is 12.5. The molecule has 0 heterocycles. The van der Waals surface area contributed by atoms with Crippen molar-refractivity contribution in [1.29, 1.82) is 0 Å². The topological polar surface area (TPSA) is 41.6 Å². The Bertz CT molecular complexity index is 374. The van der Waals surface area contributed by atoms with E-state index in [1.54, 1.807) is 31.4 Å². The van der Waals surface area contributed by atoms with Crippen molar-refractivity contribution in [2.24, 2.45) is 0 Å². The minimum atomic E-state index is -0.168. The number of nitrogens with zero attached hydrogens (tertiary/aromatic N) is 1. The molecule has 0 aliphatic rings. The monoisotopic (exact) mass is 250 g/mol. The standard InChI is InChI=1S/C14H22N2O2/c1-11(15-9-10-16(2)3)14(17)12-5-7-13(18-4)8-6-12/h5-8,11,15H,9-10H2,1-4H3. The zero-order chi connectivity index (χ0) is 13.5. The van der Waals surface area contributed by atoms with Crippen LogP contribution < -0.4 is 10.1 Å². The van der Waals surface area contributed by atoms with Crippen LogP contribution in [-0.4, -0.2) is 51.0 Å². The number of carbonyl (C=O) groups is 1. The molecule has 0 bridgehead atoms. The fraction of sp³-hybridized carbons (Fsp3) is 0.500. The lowest BCUT2D eigenvalue weighted by Crippen LogP contribution is -2.38. The van der Waals surface area contributed by atoms with Gasteiger partial charge < -0.3 is 15.0 Å². The minimum absolute atomic E-state index is 0.108. The summed E-state index contributed by atoms with van der Waals surface area (Å²) in [5, 5.41) is 3.22. The molecule has 0 aromatic heterocycles. The van der Waals surface area contributed by atoms with Crippen molar-refractivity contribution in [2.45, 2.75) is 13.0 Å². The highest BCUT2D eigenvalue weighted by molar-refractivity contribution is 5.99. The summed E-state index contributed by atoms with van der Waals surface area (Å²) in [7, 11) is 5.64. The Balaban J connectivity index is 2.51. The maximum Gasteiger partial charge on any atom is 0.179 e. The van der Waals surface area contributed by atoms with Crippen molar-refractivity contribution in [3.05, 3.63) is 29.8 Å². The van der Waals surface area contributed by atoms with Gasteiger partial charge in [0.15, 0.2) is 5.78 Å². The fourth-order valence-corrected chi connectivity index (χ4v) is 1.60. The number of benzene rings is 1. The van der Waals surface area contributed by atoms with Gasteiger partial charge in [-0.1, -0.05) is 0 Å². The zero-order valence-corrected chi connectivity index (χ0v) is 11.6. The molecule has 1 N–H and O–H groups in total. The molecule has 1 rings (SSSR count). The number of rotatable bonds is 7. The number of carbonyl (C=O) groups excluding carboxylic acids is 1. The van der Waals surface area contributed by atoms with Gasteiger partial charge in [-0.15, -0.1) is 0 Å². The highest BCUT2D eigenvalue weighted by Crippen LogP contribution is 2.12. The number of ketones is 1. The van der Waals surface area contributed by atoms with Gasteiger partial charge in [-0.05, 0) is 45.3 Å². The van der Waals surface area contributed by atoms with E-state index in [0.717, 1.165) is 18.8 Å². The van der Waals surface area contributed by atoms with Crippen LogP contribution in [0.15, 0.2) is 24.3 Å². The van der Waals surface area contributed by atoms with Crippen LogP contribution in [0, 0.1) is 0 Å². The molecular weight excluding hydrogens is 228 g/mol. The van der Waals surface area contributed by atoms with Gasteiger partial charge in [0, 0.05) is 18.7 Å². The first-order valence-corrected chi connectivity index (χ1v) is 6.11. The molecule has 1 atom stereocenters. The van der Waals surface area contributed by atoms with Crippen molar-refractivity contribution in [3.63, 3.8) is 0 Å². The Kier molecular flexibility index (Phi) is 5.82. The van der Waals surface area contributed by atoms with Crippen molar-refractivity contribution >= 4 is 5.78 Å². The predicted octanol–water partition coefficient (Wildman–Crippen LogP) is 1.42. The Morgan fingerprint density at radius 3 is 2.44 bits per heavy atom. The van der Waals surface area contributed by atoms with Crippen LogP contribution in [-0.2, 0) is 0 Å². The highest BCUT2D eigenvalue weighted by Gasteiger charge is 2.14. The maximum absolute atomic E-state index is 12.1. The van der Waals surface area contributed by atoms with E-state index in [0.29, 0.717) is 5.56 Å². The number of Topliss-reactive ketones (excluding diaryl/α,β-unsaturated/α-hetero) is 1. The zero-order valence-electron chi connectivity index (χ0n) is 11.6. The average Bonchev–Trinajstić information content (AvgIpc) is 2.37. The molecule has 0 saturated carbocycles. The Hall–Kier alpha value is -1.39. The third-order valence-corrected chi connectivity index (χ3v) is 2.78. The summed E-state index contributed by atoms with van der Waals surface area (Å²) < 4.78 is 5.07. The van der Waals surface area contributed by atoms with Crippen LogP contribution in [0.3, 0.4) is 0 Å². The molecule has 100 valence electrons. The van der Waals surface area contributed by atoms with Crippen molar-refractivity contribution in [1.82, 2.24) is 10.2 Å². The molecule has 4 nitrogen and oxygen atoms in total. The molecule has 0 aliphatic heterocycles. The van der Waals surface area contributed by atoms with Crippen molar-refractivity contribution in [2.75, 3.05) is 34.3 Å². The van der Waals surface area contributed by atoms with E-state index in [-0.39, 0.29) is 11.8 Å². The summed E-state index contributed by atoms with van der Waals surface area (Å²) >= 11 is 0. The van der Waals surface area contributed by atoms with Gasteiger partial charge in [0.25, 0.3) is 0 Å². The van der Waals surface area contributed by atoms with Crippen molar-refractivity contribution in [3.8, 4) is 5.75 Å². The Morgan fingerprint density at radius 1 is 1.33 bits per heavy atom. The molecule has 0 saturated heterocycles. The van der Waals surface area contributed by atoms with E-state index in [2.05, 4.69) is 10.2 Å². The van der Waals surface area contributed by atoms with E-state index in [9.17, 15) is 4.79 Å². The van der Waals surface area contributed by atoms with E-state index < -0.39 is 0 Å². The van der Waals surface area contributed by atoms with Gasteiger partial charge in [0.1, 0.15) is 5.75 Å². The molecule has 0 spiro atoms. The molecular formula is C14H22N2O2. The Morgan fingerprint density at radius 2 is 1.94 bits per heavy atom. The molecule has 1 aromatic rings. The molecule has 1 aromatic carbocycles. The number of hydrogen-bond donors (Lipinski definition) is 1. The van der Waals surface area contributed by atoms with E-state index in [1.807, 2.05) is 21.0 Å². The van der Waals surface area contributed by atoms with E-state index in [1.165, 1.54) is 0 Å². The number of likely N-dealkylation sites (N-methyl/N-ethyl adjacent to an activating group) is 1. The van der Waals surface area contributed by atoms with Crippen LogP contribution in [0.2, 0.25) is 0 Å². The molecule has 0 amide bonds. The first kappa shape index (κ1) is 14.7. The summed E-state index contributed by atoms with van der Waals surface area (Å²) in [5.74, 6) is 0.871. The first-order valence-electron chi connectivity index (χ1n) is 6.11. The summed E-state index contributed by atoms with van der Waals surface area (Å²) in [6, 6.07) is 7.04. The lowest BCUT2D eigenvalue weighted by molar-refractivity contribution is 0.0950. The summed E-state index contributed by atoms with van der Waals surface area (Å²) in [4.78, 5) is 14.2. The van der Waals surface area contributed by atoms with Gasteiger partial charge in [-0.3, -0.25) is 4.79 Å². The molecule has 1 unspecified atom stereocenters. The number of methoxy groups -OCH3 is 1. The van der Waals surface area contributed by atoms with Crippen LogP contribution >= 0.6 is 0 Å². The largest absolute Gasteiger partial charge is 0.497 e. The molecule has 0 fully saturated rings. The predicted molar refractivity (Wildman–Crippen MR) is 73.3 cm³/mol. The smallest absolute Gasteiger partial charge is 0.179 e. The average molecular weight is 250 g/mol. The third kappa shape index (κ3) is 4.47. The van der Waals surface area contributed by atoms with Gasteiger partial charge in [-0.2, -0.15) is 0 Å². The number of ether oxygens (including phenoxy) is 1. The second kappa shape index (κ2) is 7.13. The summed E-state index contributed by atoms with van der Waals surface area (Å²) in [6.07, 6.45) is 0. The van der Waals surface area contributed by atoms with Gasteiger partial charge in [-0.25, -0.2) is 0 Å². The molecule has 0 radical (unpaired) electrons. The number of nitrogens with one attached hydrogen (secondary N) is 1. The second-order valence-electron chi connectivity index (χ2n) is 4.57. The summed E-state index contributed by atoms with van der Waals surface area (Å²) in [6.45, 7) is 3.61. The lowest BCUT2D eigenvalue weighted by atomic mass is 10.1.